The number of hydrogen-bond donors (Lipinski definition) is 0. The predicted octanol–water partition coefficient (Wildman–Crippen LogP) is 1.60. The summed E-state index contributed by atoms with van der Waals surface area (Å²) in [5.74, 6) is 0. The maximum atomic E-state index is 2.33. The molecule has 0 amide bonds. The molecule has 0 unspecified atom stereocenters. The first-order valence-corrected chi connectivity index (χ1v) is 4.91. The first kappa shape index (κ1) is 8.00. The van der Waals surface area contributed by atoms with Gasteiger partial charge < -0.3 is 0 Å². The summed E-state index contributed by atoms with van der Waals surface area (Å²) in [7, 11) is 4.18. The summed E-state index contributed by atoms with van der Waals surface area (Å²) in [6.07, 6.45) is 0. The van der Waals surface area contributed by atoms with Crippen molar-refractivity contribution in [3.8, 4) is 0 Å². The van der Waals surface area contributed by atoms with Gasteiger partial charge in [0.05, 0.1) is 0 Å². The number of aromatic nitrogens is 2. The second-order valence-electron chi connectivity index (χ2n) is 2.85. The van der Waals surface area contributed by atoms with Crippen LogP contribution in [0.3, 0.4) is 0 Å². The summed E-state index contributed by atoms with van der Waals surface area (Å²) >= 11 is 2.33. The molecule has 0 bridgehead atoms. The Morgan fingerprint density at radius 2 is 1.42 bits per heavy atom. The van der Waals surface area contributed by atoms with Crippen molar-refractivity contribution < 1.29 is 19.4 Å². The van der Waals surface area contributed by atoms with Gasteiger partial charge in [0.1, 0.15) is 0 Å². The summed E-state index contributed by atoms with van der Waals surface area (Å²) in [5, 5.41) is 0. The van der Waals surface area contributed by atoms with E-state index in [-0.39, 0.29) is 0 Å². The molecule has 0 spiro atoms. The number of imidazole rings is 1. The Morgan fingerprint density at radius 1 is 1.00 bits per heavy atom. The summed E-state index contributed by atoms with van der Waals surface area (Å²) in [6, 6.07) is 8.41. The molecule has 0 atom stereocenters. The summed E-state index contributed by atoms with van der Waals surface area (Å²) < 4.78 is 5.63. The monoisotopic (exact) mass is 341 g/mol. The summed E-state index contributed by atoms with van der Waals surface area (Å²) in [4.78, 5) is 0. The zero-order chi connectivity index (χ0) is 8.72. The molecule has 0 fully saturated rings. The number of hydrogen-bond acceptors (Lipinski definition) is 0. The Hall–Kier alpha value is -0.622. The molecule has 66 valence electrons. The zero-order valence-electron chi connectivity index (χ0n) is 7.02. The first-order chi connectivity index (χ1) is 5.72. The fraction of sp³-hybridized carbons (Fsp3) is 0.222. The van der Waals surface area contributed by atoms with Crippen molar-refractivity contribution in [3.63, 3.8) is 0 Å². The predicted molar refractivity (Wildman–Crippen MR) is 45.1 cm³/mol. The Kier molecular flexibility index (Phi) is 1.80. The van der Waals surface area contributed by atoms with E-state index in [2.05, 4.69) is 66.8 Å². The molecule has 0 saturated carbocycles. The fourth-order valence-electron chi connectivity index (χ4n) is 1.44. The third kappa shape index (κ3) is 0.946. The van der Waals surface area contributed by atoms with E-state index in [9.17, 15) is 0 Å². The van der Waals surface area contributed by atoms with Crippen LogP contribution in [0.25, 0.3) is 11.0 Å². The molecule has 0 aliphatic heterocycles. The van der Waals surface area contributed by atoms with Crippen molar-refractivity contribution in [2.75, 3.05) is 0 Å². The molecule has 1 heterocycles. The standard InChI is InChI=1S/C9H10N2.Pt/c1-10-7-11(2)9-6-4-3-5-8(9)10;/h3-6H,1-2H3;. The average molecular weight is 341 g/mol. The molecule has 2 rings (SSSR count). The van der Waals surface area contributed by atoms with Gasteiger partial charge >= 0.3 is 81.7 Å². The Bertz CT molecular complexity index is 437. The van der Waals surface area contributed by atoms with Crippen molar-refractivity contribution >= 4 is 11.0 Å². The Labute approximate surface area is 81.8 Å². The molecule has 3 heteroatoms. The van der Waals surface area contributed by atoms with E-state index in [1.54, 1.807) is 0 Å². The summed E-state index contributed by atoms with van der Waals surface area (Å²) in [5.41, 5.74) is 2.56. The zero-order valence-corrected chi connectivity index (χ0v) is 9.29. The SMILES string of the molecule is Cn1[c](=[Pt])n(C)c2ccccc21. The average Bonchev–Trinajstić information content (AvgIpc) is 2.33. The number of nitrogens with zero attached hydrogens (tertiary/aromatic N) is 2. The minimum absolute atomic E-state index is 1.25. The molecular formula is C9H10N2Pt. The van der Waals surface area contributed by atoms with Crippen LogP contribution in [0.2, 0.25) is 0 Å². The molecule has 0 aliphatic rings. The third-order valence-electron chi connectivity index (χ3n) is 2.12. The number of fused-ring (bicyclic) bond motifs is 1. The van der Waals surface area contributed by atoms with Crippen LogP contribution in [0.15, 0.2) is 24.3 Å². The van der Waals surface area contributed by atoms with Gasteiger partial charge in [0.25, 0.3) is 0 Å². The van der Waals surface area contributed by atoms with Crippen molar-refractivity contribution in [1.82, 2.24) is 9.13 Å². The number of para-hydroxylation sites is 2. The van der Waals surface area contributed by atoms with Gasteiger partial charge in [0, 0.05) is 0 Å². The van der Waals surface area contributed by atoms with Crippen LogP contribution in [-0.2, 0) is 33.4 Å². The molecule has 0 saturated heterocycles. The van der Waals surface area contributed by atoms with Gasteiger partial charge in [0.2, 0.25) is 0 Å². The van der Waals surface area contributed by atoms with Gasteiger partial charge in [-0.1, -0.05) is 0 Å². The topological polar surface area (TPSA) is 9.86 Å². The second-order valence-corrected chi connectivity index (χ2v) is 3.86. The molecule has 1 aromatic heterocycles. The van der Waals surface area contributed by atoms with Crippen LogP contribution in [0.1, 0.15) is 0 Å². The van der Waals surface area contributed by atoms with Crippen molar-refractivity contribution in [3.05, 3.63) is 28.1 Å². The number of benzene rings is 1. The van der Waals surface area contributed by atoms with Crippen LogP contribution in [0.4, 0.5) is 0 Å². The molecule has 0 N–H and O–H groups in total. The van der Waals surface area contributed by atoms with Crippen molar-refractivity contribution in [1.29, 1.82) is 0 Å². The van der Waals surface area contributed by atoms with Crippen molar-refractivity contribution in [2.24, 2.45) is 14.1 Å². The van der Waals surface area contributed by atoms with E-state index in [1.807, 2.05) is 0 Å². The van der Waals surface area contributed by atoms with Crippen LogP contribution >= 0.6 is 0 Å². The normalized spacial score (nSPS) is 11.0. The summed E-state index contributed by atoms with van der Waals surface area (Å²) in [6.45, 7) is 0. The van der Waals surface area contributed by atoms with E-state index in [4.69, 9.17) is 0 Å². The molecule has 2 nitrogen and oxygen atoms in total. The molecule has 1 aromatic carbocycles. The van der Waals surface area contributed by atoms with Crippen LogP contribution in [-0.4, -0.2) is 9.13 Å². The maximum absolute atomic E-state index is 2.33. The van der Waals surface area contributed by atoms with Crippen LogP contribution in [0, 0.1) is 3.80 Å². The fourth-order valence-corrected chi connectivity index (χ4v) is 1.99. The van der Waals surface area contributed by atoms with Crippen molar-refractivity contribution in [2.45, 2.75) is 0 Å². The molecule has 0 radical (unpaired) electrons. The third-order valence-corrected chi connectivity index (χ3v) is 3.64. The molecule has 12 heavy (non-hydrogen) atoms. The quantitative estimate of drug-likeness (QED) is 0.689. The first-order valence-electron chi connectivity index (χ1n) is 3.77. The van der Waals surface area contributed by atoms with Gasteiger partial charge in [-0.15, -0.1) is 0 Å². The molecule has 2 aromatic rings. The van der Waals surface area contributed by atoms with Crippen LogP contribution < -0.4 is 0 Å². The van der Waals surface area contributed by atoms with Gasteiger partial charge in [-0.2, -0.15) is 0 Å². The Balaban J connectivity index is 3.09. The molecule has 0 aliphatic carbocycles. The Morgan fingerprint density at radius 3 is 1.83 bits per heavy atom. The van der Waals surface area contributed by atoms with Crippen LogP contribution in [0.5, 0.6) is 0 Å². The van der Waals surface area contributed by atoms with E-state index < -0.39 is 0 Å². The molecular weight excluding hydrogens is 331 g/mol. The second kappa shape index (κ2) is 2.70. The van der Waals surface area contributed by atoms with Gasteiger partial charge in [-0.25, -0.2) is 0 Å². The van der Waals surface area contributed by atoms with E-state index in [0.29, 0.717) is 0 Å². The van der Waals surface area contributed by atoms with E-state index >= 15 is 0 Å². The van der Waals surface area contributed by atoms with Gasteiger partial charge in [-0.3, -0.25) is 0 Å². The van der Waals surface area contributed by atoms with E-state index in [1.165, 1.54) is 14.8 Å². The van der Waals surface area contributed by atoms with Gasteiger partial charge in [0.15, 0.2) is 0 Å². The minimum atomic E-state index is 1.25. The number of rotatable bonds is 0. The number of aryl methyl sites for hydroxylation is 2. The van der Waals surface area contributed by atoms with E-state index in [0.717, 1.165) is 0 Å². The van der Waals surface area contributed by atoms with Gasteiger partial charge in [-0.05, 0) is 0 Å².